The van der Waals surface area contributed by atoms with E-state index in [0.717, 1.165) is 12.8 Å². The third kappa shape index (κ3) is 5.08. The first-order chi connectivity index (χ1) is 15.9. The second-order valence-electron chi connectivity index (χ2n) is 10.1. The molecular formula is C23H31ClN4O5S. The summed E-state index contributed by atoms with van der Waals surface area (Å²) in [7, 11) is -3.70. The minimum absolute atomic E-state index is 0.0854. The average molecular weight is 511 g/mol. The number of nitrogens with one attached hydrogen (secondary N) is 1. The van der Waals surface area contributed by atoms with Crippen LogP contribution in [0.3, 0.4) is 0 Å². The molecule has 3 aliphatic rings. The number of sulfonamides is 1. The van der Waals surface area contributed by atoms with E-state index in [9.17, 15) is 18.0 Å². The standard InChI is InChI=1S/C23H31ClN4O5S/c1-22(2,3)33-21(30)27-11-5-6-16(15-27)19-25-20(29)23(26-19)9-12-28(13-10-23)34(31,32)18-8-4-7-17(24)14-18/h4,7-8,14,16H,5-6,9-13,15H2,1-3H3,(H,25,26,29). The molecule has 34 heavy (non-hydrogen) atoms. The van der Waals surface area contributed by atoms with E-state index in [1.54, 1.807) is 17.0 Å². The van der Waals surface area contributed by atoms with Crippen molar-refractivity contribution in [3.8, 4) is 0 Å². The topological polar surface area (TPSA) is 108 Å². The summed E-state index contributed by atoms with van der Waals surface area (Å²) < 4.78 is 32.9. The van der Waals surface area contributed by atoms with E-state index in [1.807, 2.05) is 20.8 Å². The molecule has 3 heterocycles. The predicted octanol–water partition coefficient (Wildman–Crippen LogP) is 3.04. The third-order valence-electron chi connectivity index (χ3n) is 6.44. The van der Waals surface area contributed by atoms with Crippen LogP contribution in [-0.2, 0) is 19.6 Å². The maximum absolute atomic E-state index is 13.0. The molecule has 1 unspecified atom stereocenters. The first-order valence-electron chi connectivity index (χ1n) is 11.5. The number of ether oxygens (including phenoxy) is 1. The number of hydrogen-bond acceptors (Lipinski definition) is 6. The number of carbonyl (C=O) groups is 2. The van der Waals surface area contributed by atoms with Crippen LogP contribution >= 0.6 is 11.6 Å². The molecule has 11 heteroatoms. The molecule has 2 fully saturated rings. The lowest BCUT2D eigenvalue weighted by atomic mass is 9.89. The van der Waals surface area contributed by atoms with Crippen LogP contribution in [0, 0.1) is 5.92 Å². The van der Waals surface area contributed by atoms with Crippen LogP contribution in [0.4, 0.5) is 4.79 Å². The van der Waals surface area contributed by atoms with Gasteiger partial charge in [0, 0.05) is 37.1 Å². The van der Waals surface area contributed by atoms with Crippen LogP contribution in [0.2, 0.25) is 5.02 Å². The van der Waals surface area contributed by atoms with Crippen LogP contribution in [-0.4, -0.2) is 72.8 Å². The Hall–Kier alpha value is -2.17. The number of likely N-dealkylation sites (tertiary alicyclic amines) is 1. The summed E-state index contributed by atoms with van der Waals surface area (Å²) in [6, 6.07) is 6.18. The van der Waals surface area contributed by atoms with E-state index in [1.165, 1.54) is 16.4 Å². The average Bonchev–Trinajstić information content (AvgIpc) is 3.08. The van der Waals surface area contributed by atoms with Gasteiger partial charge in [-0.15, -0.1) is 0 Å². The lowest BCUT2D eigenvalue weighted by Crippen LogP contribution is -2.50. The molecule has 4 rings (SSSR count). The van der Waals surface area contributed by atoms with Crippen molar-refractivity contribution in [3.63, 3.8) is 0 Å². The zero-order chi connectivity index (χ0) is 24.7. The number of piperidine rings is 2. The first-order valence-corrected chi connectivity index (χ1v) is 13.4. The Bertz CT molecular complexity index is 1110. The van der Waals surface area contributed by atoms with Gasteiger partial charge in [-0.05, 0) is 64.7 Å². The third-order valence-corrected chi connectivity index (χ3v) is 8.57. The SMILES string of the molecule is CC(C)(C)OC(=O)N1CCCC(C2=NC3(CCN(S(=O)(=O)c4cccc(Cl)c4)CC3)C(=O)N2)C1. The molecule has 1 spiro atoms. The number of amides is 2. The van der Waals surface area contributed by atoms with Gasteiger partial charge in [-0.25, -0.2) is 13.2 Å². The summed E-state index contributed by atoms with van der Waals surface area (Å²) in [6.07, 6.45) is 1.83. The number of benzene rings is 1. The lowest BCUT2D eigenvalue weighted by Gasteiger charge is -2.35. The van der Waals surface area contributed by atoms with E-state index in [2.05, 4.69) is 5.32 Å². The molecule has 1 aromatic carbocycles. The van der Waals surface area contributed by atoms with Gasteiger partial charge >= 0.3 is 6.09 Å². The molecule has 0 aromatic heterocycles. The number of rotatable bonds is 3. The summed E-state index contributed by atoms with van der Waals surface area (Å²) in [5.41, 5.74) is -1.55. The van der Waals surface area contributed by atoms with Crippen LogP contribution in [0.5, 0.6) is 0 Å². The predicted molar refractivity (Wildman–Crippen MR) is 128 cm³/mol. The van der Waals surface area contributed by atoms with Gasteiger partial charge in [0.05, 0.1) is 4.90 Å². The second-order valence-corrected chi connectivity index (χ2v) is 12.5. The molecule has 1 aromatic rings. The number of halogens is 1. The molecule has 0 aliphatic carbocycles. The Morgan fingerprint density at radius 3 is 2.59 bits per heavy atom. The van der Waals surface area contributed by atoms with E-state index >= 15 is 0 Å². The highest BCUT2D eigenvalue weighted by atomic mass is 35.5. The van der Waals surface area contributed by atoms with E-state index in [-0.39, 0.29) is 35.9 Å². The zero-order valence-electron chi connectivity index (χ0n) is 19.7. The number of amidine groups is 1. The fraction of sp³-hybridized carbons (Fsp3) is 0.609. The van der Waals surface area contributed by atoms with Crippen molar-refractivity contribution < 1.29 is 22.7 Å². The van der Waals surface area contributed by atoms with Crippen LogP contribution in [0.15, 0.2) is 34.2 Å². The van der Waals surface area contributed by atoms with Gasteiger partial charge < -0.3 is 15.0 Å². The molecule has 186 valence electrons. The normalized spacial score (nSPS) is 23.5. The van der Waals surface area contributed by atoms with E-state index in [0.29, 0.717) is 36.8 Å². The summed E-state index contributed by atoms with van der Waals surface area (Å²) in [4.78, 5) is 32.1. The monoisotopic (exact) mass is 510 g/mol. The highest BCUT2D eigenvalue weighted by Gasteiger charge is 2.49. The quantitative estimate of drug-likeness (QED) is 0.672. The molecule has 1 N–H and O–H groups in total. The number of nitrogens with zero attached hydrogens (tertiary/aromatic N) is 3. The molecular weight excluding hydrogens is 480 g/mol. The van der Waals surface area contributed by atoms with Crippen LogP contribution in [0.25, 0.3) is 0 Å². The number of carbonyl (C=O) groups excluding carboxylic acids is 2. The van der Waals surface area contributed by atoms with Gasteiger partial charge in [0.2, 0.25) is 10.0 Å². The molecule has 2 saturated heterocycles. The van der Waals surface area contributed by atoms with Crippen molar-refractivity contribution in [2.45, 2.75) is 62.5 Å². The van der Waals surface area contributed by atoms with Crippen LogP contribution < -0.4 is 5.32 Å². The highest BCUT2D eigenvalue weighted by Crippen LogP contribution is 2.34. The van der Waals surface area contributed by atoms with E-state index in [4.69, 9.17) is 21.3 Å². The zero-order valence-corrected chi connectivity index (χ0v) is 21.3. The van der Waals surface area contributed by atoms with Crippen molar-refractivity contribution in [1.29, 1.82) is 0 Å². The molecule has 2 amide bonds. The Kier molecular flexibility index (Phi) is 6.69. The largest absolute Gasteiger partial charge is 0.444 e. The van der Waals surface area contributed by atoms with Crippen molar-refractivity contribution in [2.75, 3.05) is 26.2 Å². The van der Waals surface area contributed by atoms with Gasteiger partial charge in [-0.3, -0.25) is 9.79 Å². The molecule has 3 aliphatic heterocycles. The Labute approximate surface area is 205 Å². The van der Waals surface area contributed by atoms with Crippen LogP contribution in [0.1, 0.15) is 46.5 Å². The minimum Gasteiger partial charge on any atom is -0.444 e. The van der Waals surface area contributed by atoms with Crippen molar-refractivity contribution in [1.82, 2.24) is 14.5 Å². The summed E-state index contributed by atoms with van der Waals surface area (Å²) >= 11 is 5.97. The summed E-state index contributed by atoms with van der Waals surface area (Å²) in [5, 5.41) is 3.29. The van der Waals surface area contributed by atoms with Gasteiger partial charge in [-0.1, -0.05) is 17.7 Å². The maximum atomic E-state index is 13.0. The van der Waals surface area contributed by atoms with Gasteiger partial charge in [0.15, 0.2) is 0 Å². The summed E-state index contributed by atoms with van der Waals surface area (Å²) in [5.74, 6) is 0.305. The van der Waals surface area contributed by atoms with Crippen molar-refractivity contribution in [2.24, 2.45) is 10.9 Å². The lowest BCUT2D eigenvalue weighted by molar-refractivity contribution is -0.125. The number of hydrogen-bond donors (Lipinski definition) is 1. The number of aliphatic imine (C=N–C) groups is 1. The second kappa shape index (κ2) is 9.13. The van der Waals surface area contributed by atoms with E-state index < -0.39 is 21.2 Å². The molecule has 0 radical (unpaired) electrons. The van der Waals surface area contributed by atoms with Gasteiger partial charge in [0.1, 0.15) is 17.0 Å². The Morgan fingerprint density at radius 2 is 1.94 bits per heavy atom. The fourth-order valence-corrected chi connectivity index (χ4v) is 6.38. The van der Waals surface area contributed by atoms with Crippen molar-refractivity contribution >= 4 is 39.5 Å². The maximum Gasteiger partial charge on any atom is 0.410 e. The Morgan fingerprint density at radius 1 is 1.24 bits per heavy atom. The molecule has 1 atom stereocenters. The fourth-order valence-electron chi connectivity index (χ4n) is 4.64. The minimum atomic E-state index is -3.70. The van der Waals surface area contributed by atoms with Gasteiger partial charge in [-0.2, -0.15) is 4.31 Å². The Balaban J connectivity index is 1.44. The highest BCUT2D eigenvalue weighted by molar-refractivity contribution is 7.89. The molecule has 9 nitrogen and oxygen atoms in total. The molecule has 0 saturated carbocycles. The summed E-state index contributed by atoms with van der Waals surface area (Å²) in [6.45, 7) is 6.90. The smallest absolute Gasteiger partial charge is 0.410 e. The molecule has 0 bridgehead atoms. The van der Waals surface area contributed by atoms with Crippen molar-refractivity contribution in [3.05, 3.63) is 29.3 Å². The van der Waals surface area contributed by atoms with Gasteiger partial charge in [0.25, 0.3) is 5.91 Å². The first kappa shape index (κ1) is 24.9.